The maximum Gasteiger partial charge on any atom is 0.200 e. The Kier molecular flexibility index (Phi) is 5.05. The number of carbonyl (C=O) groups is 1. The first-order chi connectivity index (χ1) is 9.54. The van der Waals surface area contributed by atoms with Gasteiger partial charge in [-0.25, -0.2) is 30.4 Å². The molecule has 1 aromatic carbocycles. The number of hydrogen-bond donors (Lipinski definition) is 1. The number of sulfone groups is 1. The Morgan fingerprint density at radius 3 is 1.71 bits per heavy atom. The van der Waals surface area contributed by atoms with Crippen LogP contribution in [0.15, 0.2) is 4.90 Å². The van der Waals surface area contributed by atoms with E-state index in [1.165, 1.54) is 7.05 Å². The quantitative estimate of drug-likeness (QED) is 0.383. The third kappa shape index (κ3) is 3.21. The van der Waals surface area contributed by atoms with Crippen LogP contribution >= 0.6 is 0 Å². The zero-order chi connectivity index (χ0) is 16.5. The Hall–Kier alpha value is -1.55. The normalized spacial score (nSPS) is 13.3. The molecule has 0 fully saturated rings. The zero-order valence-corrected chi connectivity index (χ0v) is 11.6. The average molecular weight is 331 g/mol. The lowest BCUT2D eigenvalue weighted by atomic mass is 10.2. The molecular weight excluding hydrogens is 321 g/mol. The molecule has 0 radical (unpaired) electrons. The van der Waals surface area contributed by atoms with Gasteiger partial charge in [0.25, 0.3) is 0 Å². The number of benzene rings is 1. The number of ketones is 1. The minimum Gasteiger partial charge on any atom is -0.310 e. The summed E-state index contributed by atoms with van der Waals surface area (Å²) in [7, 11) is -3.71. The average Bonchev–Trinajstić information content (AvgIpc) is 2.40. The number of halogens is 5. The molecule has 1 aromatic rings. The van der Waals surface area contributed by atoms with Gasteiger partial charge in [0.05, 0.1) is 11.8 Å². The van der Waals surface area contributed by atoms with Gasteiger partial charge in [0, 0.05) is 0 Å². The molecule has 4 nitrogen and oxygen atoms in total. The van der Waals surface area contributed by atoms with Crippen LogP contribution in [-0.2, 0) is 14.6 Å². The molecule has 0 spiro atoms. The molecule has 0 aromatic heterocycles. The number of hydrogen-bond acceptors (Lipinski definition) is 4. The van der Waals surface area contributed by atoms with Crippen LogP contribution in [0, 0.1) is 29.1 Å². The monoisotopic (exact) mass is 331 g/mol. The first kappa shape index (κ1) is 17.5. The Morgan fingerprint density at radius 1 is 1.00 bits per heavy atom. The maximum atomic E-state index is 13.4. The van der Waals surface area contributed by atoms with E-state index < -0.39 is 61.4 Å². The SMILES string of the molecule is CNC(CS(=O)(=O)c1c(F)c(F)c(F)c(F)c1F)C(C)=O. The highest BCUT2D eigenvalue weighted by Crippen LogP contribution is 2.27. The molecule has 1 rings (SSSR count). The maximum absolute atomic E-state index is 13.4. The lowest BCUT2D eigenvalue weighted by Gasteiger charge is -2.14. The summed E-state index contributed by atoms with van der Waals surface area (Å²) in [6.07, 6.45) is 0. The van der Waals surface area contributed by atoms with Gasteiger partial charge < -0.3 is 5.32 Å². The van der Waals surface area contributed by atoms with Crippen molar-refractivity contribution < 1.29 is 35.2 Å². The Labute approximate surface area is 116 Å². The second kappa shape index (κ2) is 6.06. The van der Waals surface area contributed by atoms with Gasteiger partial charge in [-0.1, -0.05) is 0 Å². The molecule has 1 unspecified atom stereocenters. The Morgan fingerprint density at radius 2 is 1.38 bits per heavy atom. The fraction of sp³-hybridized carbons (Fsp3) is 0.364. The van der Waals surface area contributed by atoms with Crippen LogP contribution in [0.1, 0.15) is 6.92 Å². The van der Waals surface area contributed by atoms with Crippen molar-refractivity contribution in [1.29, 1.82) is 0 Å². The fourth-order valence-electron chi connectivity index (χ4n) is 1.56. The molecule has 1 atom stereocenters. The van der Waals surface area contributed by atoms with Crippen molar-refractivity contribution in [2.75, 3.05) is 12.8 Å². The largest absolute Gasteiger partial charge is 0.310 e. The van der Waals surface area contributed by atoms with E-state index in [4.69, 9.17) is 0 Å². The predicted octanol–water partition coefficient (Wildman–Crippen LogP) is 1.33. The molecule has 0 aliphatic heterocycles. The summed E-state index contributed by atoms with van der Waals surface area (Å²) in [5.41, 5.74) is 0. The summed E-state index contributed by atoms with van der Waals surface area (Å²) < 4.78 is 89.4. The molecule has 0 aliphatic rings. The molecular formula is C11H10F5NO3S. The van der Waals surface area contributed by atoms with Gasteiger partial charge >= 0.3 is 0 Å². The number of nitrogens with one attached hydrogen (secondary N) is 1. The van der Waals surface area contributed by atoms with Crippen LogP contribution in [0.3, 0.4) is 0 Å². The topological polar surface area (TPSA) is 63.2 Å². The number of Topliss-reactive ketones (excluding diaryl/α,β-unsaturated/α-hetero) is 1. The zero-order valence-electron chi connectivity index (χ0n) is 10.8. The first-order valence-electron chi connectivity index (χ1n) is 5.46. The highest BCUT2D eigenvalue weighted by molar-refractivity contribution is 7.91. The van der Waals surface area contributed by atoms with Gasteiger partial charge in [-0.05, 0) is 14.0 Å². The molecule has 0 saturated carbocycles. The second-order valence-corrected chi connectivity index (χ2v) is 6.10. The Balaban J connectivity index is 3.50. The van der Waals surface area contributed by atoms with Crippen molar-refractivity contribution in [2.24, 2.45) is 0 Å². The van der Waals surface area contributed by atoms with Gasteiger partial charge in [0.2, 0.25) is 5.82 Å². The van der Waals surface area contributed by atoms with Gasteiger partial charge in [0.15, 0.2) is 33.1 Å². The molecule has 0 bridgehead atoms. The van der Waals surface area contributed by atoms with Crippen LogP contribution < -0.4 is 5.32 Å². The fourth-order valence-corrected chi connectivity index (χ4v) is 3.30. The summed E-state index contributed by atoms with van der Waals surface area (Å²) in [6.45, 7) is 1.01. The first-order valence-corrected chi connectivity index (χ1v) is 7.11. The van der Waals surface area contributed by atoms with E-state index in [-0.39, 0.29) is 0 Å². The van der Waals surface area contributed by atoms with Crippen molar-refractivity contribution in [2.45, 2.75) is 17.9 Å². The summed E-state index contributed by atoms with van der Waals surface area (Å²) in [6, 6.07) is -1.34. The number of likely N-dealkylation sites (N-methyl/N-ethyl adjacent to an activating group) is 1. The number of carbonyl (C=O) groups excluding carboxylic acids is 1. The van der Waals surface area contributed by atoms with Crippen LogP contribution in [0.2, 0.25) is 0 Å². The van der Waals surface area contributed by atoms with Crippen molar-refractivity contribution in [3.05, 3.63) is 29.1 Å². The second-order valence-electron chi connectivity index (χ2n) is 4.13. The molecule has 10 heteroatoms. The third-order valence-electron chi connectivity index (χ3n) is 2.71. The van der Waals surface area contributed by atoms with Crippen LogP contribution in [0.4, 0.5) is 22.0 Å². The highest BCUT2D eigenvalue weighted by atomic mass is 32.2. The minimum absolute atomic E-state index is 0.676. The van der Waals surface area contributed by atoms with Gasteiger partial charge in [-0.2, -0.15) is 0 Å². The summed E-state index contributed by atoms with van der Waals surface area (Å²) >= 11 is 0. The van der Waals surface area contributed by atoms with Crippen LogP contribution in [0.25, 0.3) is 0 Å². The lowest BCUT2D eigenvalue weighted by Crippen LogP contribution is -2.39. The summed E-state index contributed by atoms with van der Waals surface area (Å²) in [5.74, 6) is -13.9. The van der Waals surface area contributed by atoms with Gasteiger partial charge in [0.1, 0.15) is 10.7 Å². The molecule has 0 amide bonds. The van der Waals surface area contributed by atoms with E-state index in [1.807, 2.05) is 0 Å². The van der Waals surface area contributed by atoms with Crippen molar-refractivity contribution in [1.82, 2.24) is 5.32 Å². The smallest absolute Gasteiger partial charge is 0.200 e. The molecule has 0 heterocycles. The van der Waals surface area contributed by atoms with E-state index in [0.717, 1.165) is 6.92 Å². The minimum atomic E-state index is -4.92. The Bertz CT molecular complexity index is 661. The van der Waals surface area contributed by atoms with Crippen molar-refractivity contribution in [3.8, 4) is 0 Å². The standard InChI is InChI=1S/C11H10F5NO3S/c1-4(18)5(17-2)3-21(19,20)11-9(15)7(13)6(12)8(14)10(11)16/h5,17H,3H2,1-2H3. The molecule has 0 saturated heterocycles. The summed E-state index contributed by atoms with van der Waals surface area (Å²) in [5, 5.41) is 2.27. The predicted molar refractivity (Wildman–Crippen MR) is 61.8 cm³/mol. The lowest BCUT2D eigenvalue weighted by molar-refractivity contribution is -0.118. The number of rotatable bonds is 5. The summed E-state index contributed by atoms with van der Waals surface area (Å²) in [4.78, 5) is 9.18. The van der Waals surface area contributed by atoms with E-state index in [0.29, 0.717) is 0 Å². The van der Waals surface area contributed by atoms with Crippen molar-refractivity contribution in [3.63, 3.8) is 0 Å². The molecule has 1 N–H and O–H groups in total. The molecule has 118 valence electrons. The van der Waals surface area contributed by atoms with E-state index >= 15 is 0 Å². The van der Waals surface area contributed by atoms with Gasteiger partial charge in [-0.3, -0.25) is 4.79 Å². The van der Waals surface area contributed by atoms with E-state index in [1.54, 1.807) is 0 Å². The van der Waals surface area contributed by atoms with Gasteiger partial charge in [-0.15, -0.1) is 0 Å². The molecule has 0 aliphatic carbocycles. The molecule has 21 heavy (non-hydrogen) atoms. The van der Waals surface area contributed by atoms with E-state index in [2.05, 4.69) is 5.32 Å². The van der Waals surface area contributed by atoms with Crippen LogP contribution in [0.5, 0.6) is 0 Å². The third-order valence-corrected chi connectivity index (χ3v) is 4.46. The van der Waals surface area contributed by atoms with Crippen molar-refractivity contribution >= 4 is 15.6 Å². The van der Waals surface area contributed by atoms with Crippen LogP contribution in [-0.4, -0.2) is 33.0 Å². The highest BCUT2D eigenvalue weighted by Gasteiger charge is 2.35. The van der Waals surface area contributed by atoms with E-state index in [9.17, 15) is 35.2 Å².